The first kappa shape index (κ1) is 21.4. The second-order valence-electron chi connectivity index (χ2n) is 7.80. The molecule has 1 fully saturated rings. The Kier molecular flexibility index (Phi) is 6.58. The Morgan fingerprint density at radius 3 is 2.55 bits per heavy atom. The first-order chi connectivity index (χ1) is 15.0. The third-order valence-corrected chi connectivity index (χ3v) is 5.77. The molecule has 1 unspecified atom stereocenters. The Morgan fingerprint density at radius 1 is 1.10 bits per heavy atom. The lowest BCUT2D eigenvalue weighted by Gasteiger charge is -2.37. The van der Waals surface area contributed by atoms with Crippen molar-refractivity contribution >= 4 is 11.6 Å². The van der Waals surface area contributed by atoms with Crippen molar-refractivity contribution in [3.05, 3.63) is 47.8 Å². The molecule has 1 N–H and O–H groups in total. The second-order valence-corrected chi connectivity index (χ2v) is 7.80. The number of hydrogen-bond acceptors (Lipinski definition) is 6. The number of ether oxygens (including phenoxy) is 3. The van der Waals surface area contributed by atoms with Crippen molar-refractivity contribution in [3.8, 4) is 17.2 Å². The summed E-state index contributed by atoms with van der Waals surface area (Å²) >= 11 is 0. The minimum absolute atomic E-state index is 0.0534. The number of piperazine rings is 1. The van der Waals surface area contributed by atoms with Crippen LogP contribution < -0.4 is 19.5 Å². The van der Waals surface area contributed by atoms with Crippen LogP contribution in [0.3, 0.4) is 0 Å². The van der Waals surface area contributed by atoms with Crippen LogP contribution in [0.5, 0.6) is 17.2 Å². The zero-order valence-electron chi connectivity index (χ0n) is 17.9. The van der Waals surface area contributed by atoms with Crippen LogP contribution in [-0.2, 0) is 11.3 Å². The molecular formula is C23H28FN3O4. The highest BCUT2D eigenvalue weighted by Crippen LogP contribution is 2.32. The van der Waals surface area contributed by atoms with Gasteiger partial charge >= 0.3 is 0 Å². The summed E-state index contributed by atoms with van der Waals surface area (Å²) in [5.41, 5.74) is 1.61. The summed E-state index contributed by atoms with van der Waals surface area (Å²) in [5.74, 6) is 1.21. The standard InChI is InChI=1S/C23H28FN3O4/c1-16(23(28)25-18-4-6-21-22(14-18)31-12-11-30-21)27-9-7-26(8-10-27)15-17-3-5-20(29-2)19(24)13-17/h3-6,13-14,16H,7-12,15H2,1-2H3,(H,25,28). The number of carbonyl (C=O) groups is 1. The van der Waals surface area contributed by atoms with Gasteiger partial charge in [0.2, 0.25) is 5.91 Å². The van der Waals surface area contributed by atoms with Crippen LogP contribution in [0.15, 0.2) is 36.4 Å². The van der Waals surface area contributed by atoms with Gasteiger partial charge in [0, 0.05) is 44.5 Å². The van der Waals surface area contributed by atoms with E-state index in [0.717, 1.165) is 31.7 Å². The van der Waals surface area contributed by atoms with E-state index in [1.807, 2.05) is 25.1 Å². The lowest BCUT2D eigenvalue weighted by molar-refractivity contribution is -0.121. The summed E-state index contributed by atoms with van der Waals surface area (Å²) in [6.45, 7) is 6.81. The Balaban J connectivity index is 1.28. The van der Waals surface area contributed by atoms with E-state index in [1.54, 1.807) is 12.1 Å². The van der Waals surface area contributed by atoms with Gasteiger partial charge in [0.25, 0.3) is 0 Å². The quantitative estimate of drug-likeness (QED) is 0.762. The van der Waals surface area contributed by atoms with Crippen molar-refractivity contribution in [1.29, 1.82) is 0 Å². The topological polar surface area (TPSA) is 63.3 Å². The Hall–Kier alpha value is -2.84. The van der Waals surface area contributed by atoms with Crippen molar-refractivity contribution in [3.63, 3.8) is 0 Å². The van der Waals surface area contributed by atoms with E-state index in [1.165, 1.54) is 13.2 Å². The largest absolute Gasteiger partial charge is 0.494 e. The van der Waals surface area contributed by atoms with Crippen LogP contribution in [0.1, 0.15) is 12.5 Å². The average Bonchev–Trinajstić information content (AvgIpc) is 2.79. The summed E-state index contributed by atoms with van der Waals surface area (Å²) in [6.07, 6.45) is 0. The Morgan fingerprint density at radius 2 is 1.84 bits per heavy atom. The lowest BCUT2D eigenvalue weighted by Crippen LogP contribution is -2.52. The molecule has 0 aromatic heterocycles. The predicted octanol–water partition coefficient (Wildman–Crippen LogP) is 2.75. The van der Waals surface area contributed by atoms with Gasteiger partial charge in [-0.2, -0.15) is 0 Å². The average molecular weight is 429 g/mol. The molecule has 4 rings (SSSR count). The summed E-state index contributed by atoms with van der Waals surface area (Å²) < 4.78 is 30.0. The third kappa shape index (κ3) is 5.08. The smallest absolute Gasteiger partial charge is 0.241 e. The zero-order chi connectivity index (χ0) is 21.8. The van der Waals surface area contributed by atoms with E-state index in [9.17, 15) is 9.18 Å². The molecule has 1 saturated heterocycles. The molecule has 0 radical (unpaired) electrons. The second kappa shape index (κ2) is 9.53. The van der Waals surface area contributed by atoms with Crippen molar-refractivity contribution in [2.45, 2.75) is 19.5 Å². The number of anilines is 1. The van der Waals surface area contributed by atoms with E-state index in [4.69, 9.17) is 14.2 Å². The highest BCUT2D eigenvalue weighted by Gasteiger charge is 2.26. The van der Waals surface area contributed by atoms with Crippen molar-refractivity contribution < 1.29 is 23.4 Å². The molecule has 7 nitrogen and oxygen atoms in total. The molecule has 1 amide bonds. The maximum absolute atomic E-state index is 13.9. The van der Waals surface area contributed by atoms with Crippen LogP contribution in [0, 0.1) is 5.82 Å². The lowest BCUT2D eigenvalue weighted by atomic mass is 10.1. The zero-order valence-corrected chi connectivity index (χ0v) is 17.9. The Labute approximate surface area is 181 Å². The van der Waals surface area contributed by atoms with Crippen LogP contribution >= 0.6 is 0 Å². The van der Waals surface area contributed by atoms with E-state index < -0.39 is 0 Å². The number of carbonyl (C=O) groups excluding carboxylic acids is 1. The van der Waals surface area contributed by atoms with Gasteiger partial charge in [0.15, 0.2) is 23.1 Å². The normalized spacial score (nSPS) is 17.8. The van der Waals surface area contributed by atoms with Gasteiger partial charge in [-0.1, -0.05) is 6.07 Å². The highest BCUT2D eigenvalue weighted by molar-refractivity contribution is 5.94. The van der Waals surface area contributed by atoms with Gasteiger partial charge in [0.05, 0.1) is 13.2 Å². The van der Waals surface area contributed by atoms with Gasteiger partial charge in [-0.15, -0.1) is 0 Å². The van der Waals surface area contributed by atoms with Gasteiger partial charge in [-0.3, -0.25) is 14.6 Å². The SMILES string of the molecule is COc1ccc(CN2CCN(C(C)C(=O)Nc3ccc4c(c3)OCCO4)CC2)cc1F. The highest BCUT2D eigenvalue weighted by atomic mass is 19.1. The molecule has 2 aliphatic rings. The molecule has 1 atom stereocenters. The molecule has 0 saturated carbocycles. The minimum Gasteiger partial charge on any atom is -0.494 e. The monoisotopic (exact) mass is 429 g/mol. The number of nitrogens with one attached hydrogen (secondary N) is 1. The first-order valence-electron chi connectivity index (χ1n) is 10.5. The number of benzene rings is 2. The molecule has 2 aromatic carbocycles. The number of hydrogen-bond donors (Lipinski definition) is 1. The number of amides is 1. The van der Waals surface area contributed by atoms with Crippen LogP contribution in [0.4, 0.5) is 10.1 Å². The molecule has 166 valence electrons. The Bertz CT molecular complexity index is 931. The molecular weight excluding hydrogens is 401 g/mol. The van der Waals surface area contributed by atoms with Gasteiger partial charge in [0.1, 0.15) is 13.2 Å². The summed E-state index contributed by atoms with van der Waals surface area (Å²) in [4.78, 5) is 17.2. The number of fused-ring (bicyclic) bond motifs is 1. The predicted molar refractivity (Wildman–Crippen MR) is 115 cm³/mol. The van der Waals surface area contributed by atoms with Crippen molar-refractivity contribution in [2.75, 3.05) is 51.8 Å². The van der Waals surface area contributed by atoms with Gasteiger partial charge in [-0.25, -0.2) is 4.39 Å². The van der Waals surface area contributed by atoms with E-state index in [2.05, 4.69) is 15.1 Å². The summed E-state index contributed by atoms with van der Waals surface area (Å²) in [6, 6.07) is 10.2. The summed E-state index contributed by atoms with van der Waals surface area (Å²) in [5, 5.41) is 2.97. The molecule has 2 aromatic rings. The molecule has 0 aliphatic carbocycles. The maximum atomic E-state index is 13.9. The maximum Gasteiger partial charge on any atom is 0.241 e. The third-order valence-electron chi connectivity index (χ3n) is 5.77. The van der Waals surface area contributed by atoms with Crippen molar-refractivity contribution in [2.24, 2.45) is 0 Å². The van der Waals surface area contributed by atoms with Crippen molar-refractivity contribution in [1.82, 2.24) is 9.80 Å². The molecule has 31 heavy (non-hydrogen) atoms. The minimum atomic E-state index is -0.344. The molecule has 2 aliphatic heterocycles. The molecule has 2 heterocycles. The number of nitrogens with zero attached hydrogens (tertiary/aromatic N) is 2. The summed E-state index contributed by atoms with van der Waals surface area (Å²) in [7, 11) is 1.46. The number of halogens is 1. The van der Waals surface area contributed by atoms with Crippen LogP contribution in [0.25, 0.3) is 0 Å². The number of methoxy groups -OCH3 is 1. The fourth-order valence-electron chi connectivity index (χ4n) is 3.91. The fraction of sp³-hybridized carbons (Fsp3) is 0.435. The first-order valence-corrected chi connectivity index (χ1v) is 10.5. The van der Waals surface area contributed by atoms with Gasteiger partial charge < -0.3 is 19.5 Å². The van der Waals surface area contributed by atoms with Gasteiger partial charge in [-0.05, 0) is 36.8 Å². The molecule has 8 heteroatoms. The molecule has 0 bridgehead atoms. The van der Waals surface area contributed by atoms with Crippen LogP contribution in [0.2, 0.25) is 0 Å². The van der Waals surface area contributed by atoms with E-state index >= 15 is 0 Å². The fourth-order valence-corrected chi connectivity index (χ4v) is 3.91. The van der Waals surface area contributed by atoms with E-state index in [-0.39, 0.29) is 23.5 Å². The van der Waals surface area contributed by atoms with E-state index in [0.29, 0.717) is 36.9 Å². The molecule has 0 spiro atoms. The van der Waals surface area contributed by atoms with Crippen LogP contribution in [-0.4, -0.2) is 68.3 Å². The number of rotatable bonds is 6.